The number of methoxy groups -OCH3 is 1. The summed E-state index contributed by atoms with van der Waals surface area (Å²) in [5.41, 5.74) is 5.78. The number of rotatable bonds is 5. The molecule has 22 heavy (non-hydrogen) atoms. The summed E-state index contributed by atoms with van der Waals surface area (Å²) in [7, 11) is 1.62. The van der Waals surface area contributed by atoms with Crippen LogP contribution < -0.4 is 10.1 Å². The molecule has 0 aliphatic carbocycles. The van der Waals surface area contributed by atoms with Crippen molar-refractivity contribution in [2.75, 3.05) is 7.11 Å². The largest absolute Gasteiger partial charge is 0.496 e. The Balaban J connectivity index is 2.02. The minimum Gasteiger partial charge on any atom is -0.496 e. The monoisotopic (exact) mass is 297 g/mol. The standard InChI is InChI=1S/C19H23NO2/c1-13-9-14(2)17(15(3)10-13)12-20-19(21)11-16-7-5-6-8-18(16)22-4/h5-10H,11-12H2,1-4H3,(H,20,21). The van der Waals surface area contributed by atoms with Gasteiger partial charge in [0.1, 0.15) is 5.75 Å². The Kier molecular flexibility index (Phi) is 5.21. The summed E-state index contributed by atoms with van der Waals surface area (Å²) in [5, 5.41) is 3.01. The predicted octanol–water partition coefficient (Wildman–Crippen LogP) is 3.48. The van der Waals surface area contributed by atoms with Crippen molar-refractivity contribution in [3.05, 3.63) is 64.2 Å². The zero-order valence-electron chi connectivity index (χ0n) is 13.7. The smallest absolute Gasteiger partial charge is 0.224 e. The van der Waals surface area contributed by atoms with Crippen molar-refractivity contribution in [3.63, 3.8) is 0 Å². The Morgan fingerprint density at radius 1 is 1.09 bits per heavy atom. The summed E-state index contributed by atoms with van der Waals surface area (Å²) in [5.74, 6) is 0.754. The van der Waals surface area contributed by atoms with Crippen molar-refractivity contribution >= 4 is 5.91 Å². The molecule has 0 aliphatic rings. The second-order valence-corrected chi connectivity index (χ2v) is 5.64. The maximum absolute atomic E-state index is 12.2. The Morgan fingerprint density at radius 2 is 1.73 bits per heavy atom. The normalized spacial score (nSPS) is 10.4. The fourth-order valence-electron chi connectivity index (χ4n) is 2.76. The summed E-state index contributed by atoms with van der Waals surface area (Å²) in [6.45, 7) is 6.82. The molecule has 0 aromatic heterocycles. The van der Waals surface area contributed by atoms with Gasteiger partial charge in [-0.15, -0.1) is 0 Å². The zero-order valence-corrected chi connectivity index (χ0v) is 13.7. The SMILES string of the molecule is COc1ccccc1CC(=O)NCc1c(C)cc(C)cc1C. The molecular formula is C19H23NO2. The summed E-state index contributed by atoms with van der Waals surface area (Å²) < 4.78 is 5.28. The Labute approximate surface area is 132 Å². The van der Waals surface area contributed by atoms with Crippen LogP contribution in [0.5, 0.6) is 5.75 Å². The van der Waals surface area contributed by atoms with Crippen LogP contribution in [0.15, 0.2) is 36.4 Å². The second kappa shape index (κ2) is 7.12. The molecule has 116 valence electrons. The number of amides is 1. The highest BCUT2D eigenvalue weighted by atomic mass is 16.5. The number of carbonyl (C=O) groups is 1. The summed E-state index contributed by atoms with van der Waals surface area (Å²) in [6.07, 6.45) is 0.327. The molecule has 1 amide bonds. The Bertz CT molecular complexity index is 654. The third-order valence-electron chi connectivity index (χ3n) is 3.85. The first-order chi connectivity index (χ1) is 10.5. The lowest BCUT2D eigenvalue weighted by Gasteiger charge is -2.13. The van der Waals surface area contributed by atoms with E-state index in [9.17, 15) is 4.79 Å². The van der Waals surface area contributed by atoms with Crippen molar-refractivity contribution in [2.24, 2.45) is 0 Å². The number of hydrogen-bond acceptors (Lipinski definition) is 2. The van der Waals surface area contributed by atoms with E-state index in [1.807, 2.05) is 24.3 Å². The van der Waals surface area contributed by atoms with E-state index < -0.39 is 0 Å². The van der Waals surface area contributed by atoms with Crippen molar-refractivity contribution in [1.82, 2.24) is 5.32 Å². The van der Waals surface area contributed by atoms with E-state index in [-0.39, 0.29) is 5.91 Å². The highest BCUT2D eigenvalue weighted by Crippen LogP contribution is 2.18. The molecular weight excluding hydrogens is 274 g/mol. The number of aryl methyl sites for hydroxylation is 3. The highest BCUT2D eigenvalue weighted by molar-refractivity contribution is 5.79. The van der Waals surface area contributed by atoms with Gasteiger partial charge < -0.3 is 10.1 Å². The molecule has 0 bridgehead atoms. The molecule has 0 unspecified atom stereocenters. The van der Waals surface area contributed by atoms with Crippen molar-refractivity contribution in [1.29, 1.82) is 0 Å². The Morgan fingerprint density at radius 3 is 2.36 bits per heavy atom. The lowest BCUT2D eigenvalue weighted by Crippen LogP contribution is -2.25. The molecule has 0 spiro atoms. The second-order valence-electron chi connectivity index (χ2n) is 5.64. The number of para-hydroxylation sites is 1. The highest BCUT2D eigenvalue weighted by Gasteiger charge is 2.09. The maximum Gasteiger partial charge on any atom is 0.224 e. The molecule has 2 aromatic carbocycles. The van der Waals surface area contributed by atoms with Crippen LogP contribution in [0.2, 0.25) is 0 Å². The number of ether oxygens (including phenoxy) is 1. The van der Waals surface area contributed by atoms with Gasteiger partial charge in [0.15, 0.2) is 0 Å². The van der Waals surface area contributed by atoms with Crippen LogP contribution >= 0.6 is 0 Å². The van der Waals surface area contributed by atoms with Gasteiger partial charge in [0.25, 0.3) is 0 Å². The van der Waals surface area contributed by atoms with Gasteiger partial charge in [-0.25, -0.2) is 0 Å². The minimum absolute atomic E-state index is 0.00359. The van der Waals surface area contributed by atoms with Gasteiger partial charge in [0.2, 0.25) is 5.91 Å². The minimum atomic E-state index is 0.00359. The average Bonchev–Trinajstić information content (AvgIpc) is 2.46. The summed E-state index contributed by atoms with van der Waals surface area (Å²) in [4.78, 5) is 12.2. The van der Waals surface area contributed by atoms with E-state index in [0.29, 0.717) is 13.0 Å². The average molecular weight is 297 g/mol. The van der Waals surface area contributed by atoms with Gasteiger partial charge >= 0.3 is 0 Å². The molecule has 2 aromatic rings. The molecule has 0 heterocycles. The zero-order chi connectivity index (χ0) is 16.1. The Hall–Kier alpha value is -2.29. The third-order valence-corrected chi connectivity index (χ3v) is 3.85. The number of nitrogens with one attached hydrogen (secondary N) is 1. The maximum atomic E-state index is 12.2. The van der Waals surface area contributed by atoms with Crippen LogP contribution in [0.4, 0.5) is 0 Å². The first kappa shape index (κ1) is 16.1. The molecule has 2 rings (SSSR count). The van der Waals surface area contributed by atoms with Gasteiger partial charge in [-0.1, -0.05) is 35.9 Å². The van der Waals surface area contributed by atoms with Gasteiger partial charge in [-0.05, 0) is 43.5 Å². The van der Waals surface area contributed by atoms with Gasteiger partial charge in [0.05, 0.1) is 13.5 Å². The summed E-state index contributed by atoms with van der Waals surface area (Å²) >= 11 is 0. The van der Waals surface area contributed by atoms with Crippen LogP contribution in [-0.2, 0) is 17.8 Å². The van der Waals surface area contributed by atoms with Crippen molar-refractivity contribution in [2.45, 2.75) is 33.7 Å². The molecule has 0 radical (unpaired) electrons. The molecule has 0 aliphatic heterocycles. The molecule has 0 saturated heterocycles. The lowest BCUT2D eigenvalue weighted by molar-refractivity contribution is -0.120. The van der Waals surface area contributed by atoms with Gasteiger partial charge in [-0.2, -0.15) is 0 Å². The van der Waals surface area contributed by atoms with E-state index >= 15 is 0 Å². The van der Waals surface area contributed by atoms with Crippen molar-refractivity contribution in [3.8, 4) is 5.75 Å². The predicted molar refractivity (Wildman–Crippen MR) is 89.2 cm³/mol. The van der Waals surface area contributed by atoms with Crippen LogP contribution in [0.25, 0.3) is 0 Å². The molecule has 0 atom stereocenters. The number of hydrogen-bond donors (Lipinski definition) is 1. The fraction of sp³-hybridized carbons (Fsp3) is 0.316. The van der Waals surface area contributed by atoms with Gasteiger partial charge in [-0.3, -0.25) is 4.79 Å². The first-order valence-electron chi connectivity index (χ1n) is 7.46. The van der Waals surface area contributed by atoms with Crippen LogP contribution in [0.1, 0.15) is 27.8 Å². The number of carbonyl (C=O) groups excluding carboxylic acids is 1. The third kappa shape index (κ3) is 3.88. The number of benzene rings is 2. The molecule has 0 saturated carbocycles. The quantitative estimate of drug-likeness (QED) is 0.917. The first-order valence-corrected chi connectivity index (χ1v) is 7.46. The van der Waals surface area contributed by atoms with Crippen LogP contribution in [-0.4, -0.2) is 13.0 Å². The lowest BCUT2D eigenvalue weighted by atomic mass is 10.00. The van der Waals surface area contributed by atoms with Crippen LogP contribution in [0.3, 0.4) is 0 Å². The molecule has 3 nitrogen and oxygen atoms in total. The van der Waals surface area contributed by atoms with E-state index in [4.69, 9.17) is 4.74 Å². The van der Waals surface area contributed by atoms with E-state index in [1.54, 1.807) is 7.11 Å². The van der Waals surface area contributed by atoms with E-state index in [2.05, 4.69) is 38.2 Å². The fourth-order valence-corrected chi connectivity index (χ4v) is 2.76. The van der Waals surface area contributed by atoms with Gasteiger partial charge in [0, 0.05) is 12.1 Å². The topological polar surface area (TPSA) is 38.3 Å². The molecule has 3 heteroatoms. The molecule has 1 N–H and O–H groups in total. The van der Waals surface area contributed by atoms with Crippen molar-refractivity contribution < 1.29 is 9.53 Å². The molecule has 0 fully saturated rings. The van der Waals surface area contributed by atoms with Crippen LogP contribution in [0, 0.1) is 20.8 Å². The summed E-state index contributed by atoms with van der Waals surface area (Å²) in [6, 6.07) is 11.9. The van der Waals surface area contributed by atoms with E-state index in [0.717, 1.165) is 11.3 Å². The van der Waals surface area contributed by atoms with E-state index in [1.165, 1.54) is 22.3 Å².